The van der Waals surface area contributed by atoms with Crippen LogP contribution in [0.4, 0.5) is 0 Å². The molecule has 1 aliphatic heterocycles. The molecule has 68 valence electrons. The summed E-state index contributed by atoms with van der Waals surface area (Å²) in [5, 5.41) is 8.84. The van der Waals surface area contributed by atoms with Gasteiger partial charge in [0.15, 0.2) is 0 Å². The van der Waals surface area contributed by atoms with E-state index < -0.39 is 0 Å². The van der Waals surface area contributed by atoms with Gasteiger partial charge in [0.2, 0.25) is 5.91 Å². The normalized spacial score (nSPS) is 36.2. The number of hydrogen-bond acceptors (Lipinski definition) is 3. The molecule has 2 atom stereocenters. The van der Waals surface area contributed by atoms with E-state index in [1.165, 1.54) is 0 Å². The molecule has 1 amide bonds. The molecule has 0 aromatic heterocycles. The van der Waals surface area contributed by atoms with Crippen LogP contribution in [0.25, 0.3) is 0 Å². The molecule has 1 saturated heterocycles. The Balaban J connectivity index is 1.88. The first-order valence-electron chi connectivity index (χ1n) is 4.31. The molecular weight excluding hydrogens is 156 g/mol. The third-order valence-corrected chi connectivity index (χ3v) is 2.75. The Morgan fingerprint density at radius 1 is 1.67 bits per heavy atom. The number of aliphatic hydroxyl groups excluding tert-OH is 1. The van der Waals surface area contributed by atoms with Gasteiger partial charge in [0, 0.05) is 19.7 Å². The smallest absolute Gasteiger partial charge is 0.237 e. The first-order valence-corrected chi connectivity index (χ1v) is 4.31. The van der Waals surface area contributed by atoms with Gasteiger partial charge < -0.3 is 10.0 Å². The van der Waals surface area contributed by atoms with E-state index in [2.05, 4.69) is 4.90 Å². The number of hydrogen-bond donors (Lipinski definition) is 1. The fraction of sp³-hybridized carbons (Fsp3) is 0.875. The third-order valence-electron chi connectivity index (χ3n) is 2.75. The van der Waals surface area contributed by atoms with Gasteiger partial charge in [0.05, 0.1) is 13.2 Å². The topological polar surface area (TPSA) is 43.8 Å². The monoisotopic (exact) mass is 170 g/mol. The van der Waals surface area contributed by atoms with Crippen molar-refractivity contribution in [3.63, 3.8) is 0 Å². The molecule has 1 N–H and O–H groups in total. The lowest BCUT2D eigenvalue weighted by Gasteiger charge is -2.13. The lowest BCUT2D eigenvalue weighted by molar-refractivity contribution is -0.125. The van der Waals surface area contributed by atoms with Crippen LogP contribution in [0.15, 0.2) is 0 Å². The van der Waals surface area contributed by atoms with E-state index in [0.717, 1.165) is 13.1 Å². The van der Waals surface area contributed by atoms with Crippen molar-refractivity contribution in [3.8, 4) is 0 Å². The molecule has 2 rings (SSSR count). The first kappa shape index (κ1) is 8.01. The van der Waals surface area contributed by atoms with Crippen LogP contribution in [0.5, 0.6) is 0 Å². The molecule has 2 aliphatic rings. The van der Waals surface area contributed by atoms with E-state index in [4.69, 9.17) is 5.11 Å². The molecule has 12 heavy (non-hydrogen) atoms. The maximum atomic E-state index is 11.1. The van der Waals surface area contributed by atoms with Gasteiger partial charge in [-0.3, -0.25) is 9.69 Å². The van der Waals surface area contributed by atoms with E-state index >= 15 is 0 Å². The average molecular weight is 170 g/mol. The number of aliphatic hydroxyl groups is 1. The molecule has 2 fully saturated rings. The molecule has 1 aliphatic carbocycles. The minimum Gasteiger partial charge on any atom is -0.396 e. The van der Waals surface area contributed by atoms with Crippen molar-refractivity contribution in [2.45, 2.75) is 12.5 Å². The number of carbonyl (C=O) groups is 1. The Hall–Kier alpha value is -0.610. The molecule has 0 radical (unpaired) electrons. The maximum Gasteiger partial charge on any atom is 0.237 e. The standard InChI is InChI=1S/C8H14N2O2/c1-9-5-10(3-8(9)12)7-2-6(7)4-11/h6-7,11H,2-5H2,1H3. The Bertz CT molecular complexity index is 207. The molecule has 0 spiro atoms. The SMILES string of the molecule is CN1CN(C2CC2CO)CC1=O. The van der Waals surface area contributed by atoms with Gasteiger partial charge in [-0.2, -0.15) is 0 Å². The van der Waals surface area contributed by atoms with Gasteiger partial charge in [0.25, 0.3) is 0 Å². The molecule has 0 aromatic carbocycles. The Morgan fingerprint density at radius 3 is 2.83 bits per heavy atom. The van der Waals surface area contributed by atoms with Crippen molar-refractivity contribution >= 4 is 5.91 Å². The van der Waals surface area contributed by atoms with E-state index in [9.17, 15) is 4.79 Å². The van der Waals surface area contributed by atoms with Gasteiger partial charge in [-0.25, -0.2) is 0 Å². The zero-order valence-corrected chi connectivity index (χ0v) is 7.23. The van der Waals surface area contributed by atoms with Gasteiger partial charge in [-0.1, -0.05) is 0 Å². The zero-order valence-electron chi connectivity index (χ0n) is 7.23. The second kappa shape index (κ2) is 2.71. The third kappa shape index (κ3) is 1.21. The number of amides is 1. The van der Waals surface area contributed by atoms with E-state index in [1.54, 1.807) is 4.90 Å². The van der Waals surface area contributed by atoms with Crippen LogP contribution in [0.2, 0.25) is 0 Å². The molecule has 4 heteroatoms. The van der Waals surface area contributed by atoms with Gasteiger partial charge in [0.1, 0.15) is 0 Å². The molecular formula is C8H14N2O2. The van der Waals surface area contributed by atoms with Crippen molar-refractivity contribution < 1.29 is 9.90 Å². The lowest BCUT2D eigenvalue weighted by atomic mass is 10.4. The van der Waals surface area contributed by atoms with Crippen LogP contribution in [-0.2, 0) is 4.79 Å². The fourth-order valence-electron chi connectivity index (χ4n) is 1.79. The number of carbonyl (C=O) groups excluding carboxylic acids is 1. The van der Waals surface area contributed by atoms with Gasteiger partial charge in [-0.05, 0) is 12.3 Å². The molecule has 1 saturated carbocycles. The van der Waals surface area contributed by atoms with Crippen LogP contribution in [0, 0.1) is 5.92 Å². The molecule has 2 unspecified atom stereocenters. The minimum absolute atomic E-state index is 0.193. The largest absolute Gasteiger partial charge is 0.396 e. The number of likely N-dealkylation sites (N-methyl/N-ethyl adjacent to an activating group) is 1. The zero-order chi connectivity index (χ0) is 8.72. The lowest BCUT2D eigenvalue weighted by Crippen LogP contribution is -2.26. The summed E-state index contributed by atoms with van der Waals surface area (Å²) < 4.78 is 0. The summed E-state index contributed by atoms with van der Waals surface area (Å²) in [6, 6.07) is 0.462. The Kier molecular flexibility index (Phi) is 1.81. The summed E-state index contributed by atoms with van der Waals surface area (Å²) in [5.41, 5.74) is 0. The predicted octanol–water partition coefficient (Wildman–Crippen LogP) is -0.901. The Morgan fingerprint density at radius 2 is 2.42 bits per heavy atom. The van der Waals surface area contributed by atoms with Crippen LogP contribution < -0.4 is 0 Å². The summed E-state index contributed by atoms with van der Waals surface area (Å²) in [5.74, 6) is 0.614. The van der Waals surface area contributed by atoms with Crippen molar-refractivity contribution in [1.29, 1.82) is 0 Å². The highest BCUT2D eigenvalue weighted by atomic mass is 16.3. The molecule has 0 aromatic rings. The van der Waals surface area contributed by atoms with E-state index in [-0.39, 0.29) is 12.5 Å². The minimum atomic E-state index is 0.193. The van der Waals surface area contributed by atoms with Crippen molar-refractivity contribution in [2.75, 3.05) is 26.9 Å². The highest BCUT2D eigenvalue weighted by Crippen LogP contribution is 2.36. The van der Waals surface area contributed by atoms with Crippen molar-refractivity contribution in [2.24, 2.45) is 5.92 Å². The summed E-state index contributed by atoms with van der Waals surface area (Å²) in [6.07, 6.45) is 1.05. The average Bonchev–Trinajstić information content (AvgIpc) is 2.75. The second-order valence-corrected chi connectivity index (χ2v) is 3.73. The molecule has 1 heterocycles. The summed E-state index contributed by atoms with van der Waals surface area (Å²) in [6.45, 7) is 1.54. The number of nitrogens with zero attached hydrogens (tertiary/aromatic N) is 2. The van der Waals surface area contributed by atoms with Crippen LogP contribution in [-0.4, -0.2) is 53.7 Å². The van der Waals surface area contributed by atoms with Crippen molar-refractivity contribution in [3.05, 3.63) is 0 Å². The second-order valence-electron chi connectivity index (χ2n) is 3.73. The van der Waals surface area contributed by atoms with Gasteiger partial charge >= 0.3 is 0 Å². The fourth-order valence-corrected chi connectivity index (χ4v) is 1.79. The Labute approximate surface area is 71.8 Å². The summed E-state index contributed by atoms with van der Waals surface area (Å²) in [7, 11) is 1.82. The molecule has 4 nitrogen and oxygen atoms in total. The predicted molar refractivity (Wildman–Crippen MR) is 43.3 cm³/mol. The number of rotatable bonds is 2. The highest BCUT2D eigenvalue weighted by Gasteiger charge is 2.44. The quantitative estimate of drug-likeness (QED) is 0.584. The van der Waals surface area contributed by atoms with Crippen LogP contribution >= 0.6 is 0 Å². The van der Waals surface area contributed by atoms with E-state index in [0.29, 0.717) is 18.5 Å². The van der Waals surface area contributed by atoms with E-state index in [1.807, 2.05) is 7.05 Å². The summed E-state index contributed by atoms with van der Waals surface area (Å²) >= 11 is 0. The van der Waals surface area contributed by atoms with Crippen LogP contribution in [0.3, 0.4) is 0 Å². The molecule has 0 bridgehead atoms. The first-order chi connectivity index (χ1) is 5.72. The van der Waals surface area contributed by atoms with Crippen LogP contribution in [0.1, 0.15) is 6.42 Å². The maximum absolute atomic E-state index is 11.1. The van der Waals surface area contributed by atoms with Gasteiger partial charge in [-0.15, -0.1) is 0 Å². The van der Waals surface area contributed by atoms with Crippen molar-refractivity contribution in [1.82, 2.24) is 9.80 Å². The highest BCUT2D eigenvalue weighted by molar-refractivity contribution is 5.79. The summed E-state index contributed by atoms with van der Waals surface area (Å²) in [4.78, 5) is 15.0.